The van der Waals surface area contributed by atoms with Crippen LogP contribution in [0.2, 0.25) is 0 Å². The molecule has 0 spiro atoms. The fourth-order valence-corrected chi connectivity index (χ4v) is 2.57. The fraction of sp³-hybridized carbons (Fsp3) is 0.923. The molecule has 4 unspecified atom stereocenters. The van der Waals surface area contributed by atoms with Crippen molar-refractivity contribution in [2.45, 2.75) is 50.7 Å². The second-order valence-electron chi connectivity index (χ2n) is 5.27. The van der Waals surface area contributed by atoms with Crippen molar-refractivity contribution in [3.05, 3.63) is 0 Å². The molecule has 0 bridgehead atoms. The third-order valence-electron chi connectivity index (χ3n) is 3.97. The Bertz CT molecular complexity index is 308. The van der Waals surface area contributed by atoms with E-state index in [0.29, 0.717) is 0 Å². The van der Waals surface area contributed by atoms with Crippen LogP contribution in [0.15, 0.2) is 0 Å². The molecule has 2 rings (SSSR count). The summed E-state index contributed by atoms with van der Waals surface area (Å²) in [6, 6.07) is -0.115. The van der Waals surface area contributed by atoms with E-state index in [4.69, 9.17) is 9.47 Å². The van der Waals surface area contributed by atoms with Crippen molar-refractivity contribution in [1.29, 1.82) is 0 Å². The van der Waals surface area contributed by atoms with Crippen molar-refractivity contribution in [2.75, 3.05) is 27.2 Å². The molecular formula is C13H25N3O3. The summed E-state index contributed by atoms with van der Waals surface area (Å²) in [6.07, 6.45) is 3.35. The molecule has 2 amide bonds. The molecule has 0 aromatic carbocycles. The minimum atomic E-state index is -0.114. The van der Waals surface area contributed by atoms with E-state index in [-0.39, 0.29) is 30.5 Å². The lowest BCUT2D eigenvalue weighted by molar-refractivity contribution is 0.0715. The number of epoxide rings is 1. The molecule has 110 valence electrons. The van der Waals surface area contributed by atoms with E-state index in [9.17, 15) is 4.79 Å². The third-order valence-corrected chi connectivity index (χ3v) is 3.97. The molecule has 2 aliphatic heterocycles. The number of likely N-dealkylation sites (tertiary alicyclic amines) is 1. The van der Waals surface area contributed by atoms with Gasteiger partial charge >= 0.3 is 6.03 Å². The quantitative estimate of drug-likeness (QED) is 0.716. The summed E-state index contributed by atoms with van der Waals surface area (Å²) in [5, 5.41) is 6.12. The van der Waals surface area contributed by atoms with E-state index in [1.54, 1.807) is 7.11 Å². The molecule has 0 radical (unpaired) electrons. The molecule has 6 heteroatoms. The van der Waals surface area contributed by atoms with Crippen molar-refractivity contribution in [3.63, 3.8) is 0 Å². The first-order valence-electron chi connectivity index (χ1n) is 7.08. The largest absolute Gasteiger partial charge is 0.380 e. The maximum Gasteiger partial charge on any atom is 0.317 e. The van der Waals surface area contributed by atoms with Gasteiger partial charge in [0.05, 0.1) is 12.1 Å². The van der Waals surface area contributed by atoms with E-state index < -0.39 is 0 Å². The minimum absolute atomic E-state index is 0.000969. The van der Waals surface area contributed by atoms with Gasteiger partial charge in [-0.25, -0.2) is 4.79 Å². The molecule has 4 atom stereocenters. The predicted molar refractivity (Wildman–Crippen MR) is 71.9 cm³/mol. The molecule has 2 N–H and O–H groups in total. The van der Waals surface area contributed by atoms with Gasteiger partial charge in [0, 0.05) is 20.2 Å². The summed E-state index contributed by atoms with van der Waals surface area (Å²) in [5.41, 5.74) is 0. The van der Waals surface area contributed by atoms with Crippen molar-refractivity contribution in [1.82, 2.24) is 15.5 Å². The number of nitrogens with zero attached hydrogens (tertiary/aromatic N) is 1. The van der Waals surface area contributed by atoms with Crippen LogP contribution in [0.5, 0.6) is 0 Å². The summed E-state index contributed by atoms with van der Waals surface area (Å²) >= 11 is 0. The monoisotopic (exact) mass is 271 g/mol. The highest BCUT2D eigenvalue weighted by Crippen LogP contribution is 2.25. The number of carbonyl (C=O) groups is 1. The lowest BCUT2D eigenvalue weighted by Crippen LogP contribution is -2.53. The molecule has 2 saturated heterocycles. The summed E-state index contributed by atoms with van der Waals surface area (Å²) in [6.45, 7) is 3.65. The van der Waals surface area contributed by atoms with E-state index >= 15 is 0 Å². The van der Waals surface area contributed by atoms with Crippen LogP contribution in [0.4, 0.5) is 4.79 Å². The molecule has 0 saturated carbocycles. The first-order chi connectivity index (χ1) is 9.17. The van der Waals surface area contributed by atoms with Gasteiger partial charge in [0.2, 0.25) is 0 Å². The van der Waals surface area contributed by atoms with Crippen LogP contribution in [0.1, 0.15) is 26.2 Å². The maximum atomic E-state index is 12.2. The standard InChI is InChI=1S/C13H25N3O3/c1-9(18-3)10(11-12(14-2)19-11)15-13(17)16-7-5-4-6-8-16/h9-12,14H,4-8H2,1-3H3,(H,15,17). The molecule has 0 aromatic heterocycles. The van der Waals surface area contributed by atoms with Gasteiger partial charge in [0.25, 0.3) is 0 Å². The lowest BCUT2D eigenvalue weighted by Gasteiger charge is -2.30. The van der Waals surface area contributed by atoms with E-state index in [1.807, 2.05) is 18.9 Å². The molecule has 2 aliphatic rings. The van der Waals surface area contributed by atoms with E-state index in [1.165, 1.54) is 6.42 Å². The topological polar surface area (TPSA) is 66.1 Å². The molecule has 0 aromatic rings. The predicted octanol–water partition coefficient (Wildman–Crippen LogP) is 0.530. The Hall–Kier alpha value is -0.850. The first kappa shape index (κ1) is 14.6. The number of likely N-dealkylation sites (N-methyl/N-ethyl adjacent to an activating group) is 1. The Labute approximate surface area is 114 Å². The second-order valence-corrected chi connectivity index (χ2v) is 5.27. The number of hydrogen-bond donors (Lipinski definition) is 2. The Balaban J connectivity index is 1.90. The Morgan fingerprint density at radius 1 is 1.37 bits per heavy atom. The Kier molecular flexibility index (Phi) is 5.01. The highest BCUT2D eigenvalue weighted by molar-refractivity contribution is 5.74. The normalized spacial score (nSPS) is 29.7. The molecule has 2 fully saturated rings. The molecule has 0 aliphatic carbocycles. The average molecular weight is 271 g/mol. The summed E-state index contributed by atoms with van der Waals surface area (Å²) in [5.74, 6) is 0. The number of amides is 2. The van der Waals surface area contributed by atoms with Gasteiger partial charge in [-0.1, -0.05) is 0 Å². The summed E-state index contributed by atoms with van der Waals surface area (Å²) in [7, 11) is 3.51. The molecule has 19 heavy (non-hydrogen) atoms. The van der Waals surface area contributed by atoms with Crippen LogP contribution in [-0.4, -0.2) is 62.7 Å². The number of rotatable bonds is 5. The molecular weight excluding hydrogens is 246 g/mol. The van der Waals surface area contributed by atoms with Crippen molar-refractivity contribution < 1.29 is 14.3 Å². The van der Waals surface area contributed by atoms with Crippen molar-refractivity contribution in [3.8, 4) is 0 Å². The first-order valence-corrected chi connectivity index (χ1v) is 7.08. The van der Waals surface area contributed by atoms with Gasteiger partial charge in [-0.15, -0.1) is 0 Å². The van der Waals surface area contributed by atoms with Gasteiger partial charge in [-0.05, 0) is 33.2 Å². The number of piperidine rings is 1. The second kappa shape index (κ2) is 6.54. The average Bonchev–Trinajstić information content (AvgIpc) is 3.24. The SMILES string of the molecule is CNC1OC1C(NC(=O)N1CCCCC1)C(C)OC. The lowest BCUT2D eigenvalue weighted by atomic mass is 10.1. The van der Waals surface area contributed by atoms with Crippen LogP contribution in [-0.2, 0) is 9.47 Å². The zero-order valence-corrected chi connectivity index (χ0v) is 12.0. The van der Waals surface area contributed by atoms with Gasteiger partial charge in [-0.3, -0.25) is 5.32 Å². The van der Waals surface area contributed by atoms with E-state index in [0.717, 1.165) is 25.9 Å². The van der Waals surface area contributed by atoms with Gasteiger partial charge in [-0.2, -0.15) is 0 Å². The number of ether oxygens (including phenoxy) is 2. The van der Waals surface area contributed by atoms with Crippen LogP contribution >= 0.6 is 0 Å². The zero-order valence-electron chi connectivity index (χ0n) is 12.0. The van der Waals surface area contributed by atoms with Crippen LogP contribution in [0.25, 0.3) is 0 Å². The molecule has 2 heterocycles. The molecule has 6 nitrogen and oxygen atoms in total. The highest BCUT2D eigenvalue weighted by Gasteiger charge is 2.47. The Morgan fingerprint density at radius 2 is 2.05 bits per heavy atom. The zero-order chi connectivity index (χ0) is 13.8. The maximum absolute atomic E-state index is 12.2. The highest BCUT2D eigenvalue weighted by atomic mass is 16.6. The van der Waals surface area contributed by atoms with Crippen LogP contribution in [0, 0.1) is 0 Å². The number of nitrogens with one attached hydrogen (secondary N) is 2. The van der Waals surface area contributed by atoms with Crippen molar-refractivity contribution >= 4 is 6.03 Å². The van der Waals surface area contributed by atoms with Crippen LogP contribution < -0.4 is 10.6 Å². The third kappa shape index (κ3) is 3.58. The smallest absolute Gasteiger partial charge is 0.317 e. The minimum Gasteiger partial charge on any atom is -0.380 e. The van der Waals surface area contributed by atoms with Crippen molar-refractivity contribution in [2.24, 2.45) is 0 Å². The number of hydrogen-bond acceptors (Lipinski definition) is 4. The van der Waals surface area contributed by atoms with Gasteiger partial charge in [0.15, 0.2) is 0 Å². The van der Waals surface area contributed by atoms with Crippen LogP contribution in [0.3, 0.4) is 0 Å². The summed E-state index contributed by atoms with van der Waals surface area (Å²) in [4.78, 5) is 14.1. The number of urea groups is 1. The van der Waals surface area contributed by atoms with Gasteiger partial charge < -0.3 is 19.7 Å². The van der Waals surface area contributed by atoms with Gasteiger partial charge in [0.1, 0.15) is 12.3 Å². The summed E-state index contributed by atoms with van der Waals surface area (Å²) < 4.78 is 10.9. The number of carbonyl (C=O) groups excluding carboxylic acids is 1. The Morgan fingerprint density at radius 3 is 2.58 bits per heavy atom. The number of methoxy groups -OCH3 is 1. The van der Waals surface area contributed by atoms with E-state index in [2.05, 4.69) is 10.6 Å². The fourth-order valence-electron chi connectivity index (χ4n) is 2.57.